The van der Waals surface area contributed by atoms with Crippen LogP contribution in [-0.4, -0.2) is 41.1 Å². The van der Waals surface area contributed by atoms with Crippen molar-refractivity contribution in [1.29, 1.82) is 0 Å². The Hall–Kier alpha value is -1.88. The van der Waals surface area contributed by atoms with E-state index in [4.69, 9.17) is 4.74 Å². The molecular weight excluding hydrogens is 294 g/mol. The predicted octanol–water partition coefficient (Wildman–Crippen LogP) is 2.30. The Balaban J connectivity index is 1.92. The number of imide groups is 1. The zero-order valence-corrected chi connectivity index (χ0v) is 14.0. The van der Waals surface area contributed by atoms with Gasteiger partial charge in [0.05, 0.1) is 12.0 Å². The Morgan fingerprint density at radius 3 is 2.35 bits per heavy atom. The van der Waals surface area contributed by atoms with Crippen molar-refractivity contribution < 1.29 is 19.4 Å². The summed E-state index contributed by atoms with van der Waals surface area (Å²) in [5.41, 5.74) is 0.538. The first-order chi connectivity index (χ1) is 10.9. The molecule has 1 N–H and O–H groups in total. The minimum Gasteiger partial charge on any atom is -0.491 e. The molecule has 1 aromatic rings. The first kappa shape index (κ1) is 17.5. The van der Waals surface area contributed by atoms with Crippen LogP contribution in [-0.2, 0) is 9.59 Å². The fraction of sp³-hybridized carbons (Fsp3) is 0.556. The number of benzene rings is 1. The molecule has 2 amide bonds. The number of carbonyl (C=O) groups is 2. The van der Waals surface area contributed by atoms with Crippen LogP contribution in [0.25, 0.3) is 0 Å². The maximum Gasteiger partial charge on any atom is 0.235 e. The number of hydrogen-bond acceptors (Lipinski definition) is 4. The van der Waals surface area contributed by atoms with E-state index < -0.39 is 11.5 Å². The molecule has 0 bridgehead atoms. The number of rotatable bonds is 7. The van der Waals surface area contributed by atoms with E-state index in [-0.39, 0.29) is 31.4 Å². The van der Waals surface area contributed by atoms with Crippen LogP contribution in [0.2, 0.25) is 0 Å². The van der Waals surface area contributed by atoms with Crippen LogP contribution in [0.5, 0.6) is 5.75 Å². The number of β-amino-alcohol motifs (C(OH)–C–C–N with tert-alkyl or cyclic N) is 1. The van der Waals surface area contributed by atoms with Gasteiger partial charge in [-0.15, -0.1) is 0 Å². The topological polar surface area (TPSA) is 66.8 Å². The lowest BCUT2D eigenvalue weighted by atomic mass is 9.81. The molecule has 1 heterocycles. The van der Waals surface area contributed by atoms with Gasteiger partial charge in [-0.1, -0.05) is 31.5 Å². The lowest BCUT2D eigenvalue weighted by Crippen LogP contribution is -2.41. The van der Waals surface area contributed by atoms with Gasteiger partial charge in [-0.3, -0.25) is 14.5 Å². The zero-order valence-electron chi connectivity index (χ0n) is 14.0. The van der Waals surface area contributed by atoms with Gasteiger partial charge in [-0.2, -0.15) is 0 Å². The van der Waals surface area contributed by atoms with Crippen LogP contribution in [0.1, 0.15) is 38.7 Å². The van der Waals surface area contributed by atoms with Crippen molar-refractivity contribution in [2.75, 3.05) is 13.2 Å². The summed E-state index contributed by atoms with van der Waals surface area (Å²) in [5, 5.41) is 10.1. The van der Waals surface area contributed by atoms with E-state index in [2.05, 4.69) is 0 Å². The number of carbonyl (C=O) groups excluding carboxylic acids is 2. The summed E-state index contributed by atoms with van der Waals surface area (Å²) in [4.78, 5) is 25.8. The highest BCUT2D eigenvalue weighted by atomic mass is 16.5. The molecule has 1 aliphatic heterocycles. The normalized spacial score (nSPS) is 18.3. The molecule has 1 unspecified atom stereocenters. The average Bonchev–Trinajstić information content (AvgIpc) is 2.79. The van der Waals surface area contributed by atoms with Gasteiger partial charge in [-0.25, -0.2) is 0 Å². The van der Waals surface area contributed by atoms with Gasteiger partial charge < -0.3 is 9.84 Å². The molecule has 0 spiro atoms. The zero-order chi connectivity index (χ0) is 17.0. The van der Waals surface area contributed by atoms with Crippen LogP contribution in [0.4, 0.5) is 0 Å². The molecule has 0 radical (unpaired) electrons. The molecule has 1 saturated heterocycles. The molecule has 2 rings (SSSR count). The summed E-state index contributed by atoms with van der Waals surface area (Å²) in [6.07, 6.45) is 0.625. The van der Waals surface area contributed by atoms with Crippen molar-refractivity contribution in [2.24, 2.45) is 5.41 Å². The first-order valence-electron chi connectivity index (χ1n) is 8.14. The molecule has 1 atom stereocenters. The lowest BCUT2D eigenvalue weighted by Gasteiger charge is -2.24. The number of hydrogen-bond donors (Lipinski definition) is 1. The van der Waals surface area contributed by atoms with E-state index in [1.165, 1.54) is 4.90 Å². The van der Waals surface area contributed by atoms with Gasteiger partial charge in [0, 0.05) is 6.42 Å². The van der Waals surface area contributed by atoms with Crippen molar-refractivity contribution in [2.45, 2.75) is 46.1 Å². The second-order valence-corrected chi connectivity index (χ2v) is 6.25. The van der Waals surface area contributed by atoms with Gasteiger partial charge in [0.25, 0.3) is 0 Å². The molecule has 0 aromatic heterocycles. The van der Waals surface area contributed by atoms with Gasteiger partial charge in [0.2, 0.25) is 11.8 Å². The van der Waals surface area contributed by atoms with Crippen LogP contribution in [0, 0.1) is 12.3 Å². The summed E-state index contributed by atoms with van der Waals surface area (Å²) in [6, 6.07) is 7.50. The highest BCUT2D eigenvalue weighted by Crippen LogP contribution is 2.39. The first-order valence-corrected chi connectivity index (χ1v) is 8.14. The van der Waals surface area contributed by atoms with Gasteiger partial charge in [0.15, 0.2) is 0 Å². The molecule has 1 fully saturated rings. The van der Waals surface area contributed by atoms with Crippen molar-refractivity contribution >= 4 is 11.8 Å². The van der Waals surface area contributed by atoms with Crippen LogP contribution in [0.15, 0.2) is 24.3 Å². The number of aryl methyl sites for hydroxylation is 1. The van der Waals surface area contributed by atoms with Crippen molar-refractivity contribution in [3.63, 3.8) is 0 Å². The molecule has 1 aromatic carbocycles. The predicted molar refractivity (Wildman–Crippen MR) is 87.0 cm³/mol. The molecule has 1 aliphatic rings. The molecule has 0 aliphatic carbocycles. The summed E-state index contributed by atoms with van der Waals surface area (Å²) in [5.74, 6) is 0.292. The molecular formula is C18H25NO4. The summed E-state index contributed by atoms with van der Waals surface area (Å²) < 4.78 is 5.51. The third-order valence-electron chi connectivity index (χ3n) is 4.70. The van der Waals surface area contributed by atoms with Crippen molar-refractivity contribution in [1.82, 2.24) is 4.90 Å². The SMILES string of the molecule is CCC1(CC)CC(=O)N(CC(O)COc2ccc(C)cc2)C1=O. The maximum atomic E-state index is 12.5. The standard InChI is InChI=1S/C18H25NO4/c1-4-18(5-2)10-16(21)19(17(18)22)11-14(20)12-23-15-8-6-13(3)7-9-15/h6-9,14,20H,4-5,10-12H2,1-3H3. The Kier molecular flexibility index (Phi) is 5.42. The summed E-state index contributed by atoms with van der Waals surface area (Å²) >= 11 is 0. The summed E-state index contributed by atoms with van der Waals surface area (Å²) in [7, 11) is 0. The largest absolute Gasteiger partial charge is 0.491 e. The van der Waals surface area contributed by atoms with E-state index in [1.807, 2.05) is 45.0 Å². The van der Waals surface area contributed by atoms with Crippen LogP contribution < -0.4 is 4.74 Å². The van der Waals surface area contributed by atoms with E-state index in [9.17, 15) is 14.7 Å². The summed E-state index contributed by atoms with van der Waals surface area (Å²) in [6.45, 7) is 5.87. The molecule has 23 heavy (non-hydrogen) atoms. The number of ether oxygens (including phenoxy) is 1. The third-order valence-corrected chi connectivity index (χ3v) is 4.70. The second kappa shape index (κ2) is 7.13. The lowest BCUT2D eigenvalue weighted by molar-refractivity contribution is -0.143. The number of aliphatic hydroxyl groups excluding tert-OH is 1. The maximum absolute atomic E-state index is 12.5. The number of amides is 2. The fourth-order valence-corrected chi connectivity index (χ4v) is 2.94. The van der Waals surface area contributed by atoms with Crippen LogP contribution >= 0.6 is 0 Å². The van der Waals surface area contributed by atoms with Gasteiger partial charge in [0.1, 0.15) is 18.5 Å². The van der Waals surface area contributed by atoms with Crippen LogP contribution in [0.3, 0.4) is 0 Å². The molecule has 126 valence electrons. The Morgan fingerprint density at radius 1 is 1.22 bits per heavy atom. The second-order valence-electron chi connectivity index (χ2n) is 6.25. The van der Waals surface area contributed by atoms with E-state index in [0.29, 0.717) is 18.6 Å². The van der Waals surface area contributed by atoms with Crippen molar-refractivity contribution in [3.8, 4) is 5.75 Å². The quantitative estimate of drug-likeness (QED) is 0.783. The molecule has 5 nitrogen and oxygen atoms in total. The van der Waals surface area contributed by atoms with Gasteiger partial charge >= 0.3 is 0 Å². The van der Waals surface area contributed by atoms with E-state index in [1.54, 1.807) is 0 Å². The van der Waals surface area contributed by atoms with Crippen molar-refractivity contribution in [3.05, 3.63) is 29.8 Å². The third kappa shape index (κ3) is 3.72. The number of nitrogens with zero attached hydrogens (tertiary/aromatic N) is 1. The molecule has 5 heteroatoms. The molecule has 0 saturated carbocycles. The average molecular weight is 319 g/mol. The Labute approximate surface area is 137 Å². The van der Waals surface area contributed by atoms with E-state index >= 15 is 0 Å². The smallest absolute Gasteiger partial charge is 0.235 e. The Morgan fingerprint density at radius 2 is 1.83 bits per heavy atom. The monoisotopic (exact) mass is 319 g/mol. The minimum atomic E-state index is -0.895. The van der Waals surface area contributed by atoms with Gasteiger partial charge in [-0.05, 0) is 31.9 Å². The minimum absolute atomic E-state index is 0.00865. The fourth-order valence-electron chi connectivity index (χ4n) is 2.94. The number of likely N-dealkylation sites (tertiary alicyclic amines) is 1. The highest BCUT2D eigenvalue weighted by Gasteiger charge is 2.49. The highest BCUT2D eigenvalue weighted by molar-refractivity contribution is 6.05. The number of aliphatic hydroxyl groups is 1. The van der Waals surface area contributed by atoms with E-state index in [0.717, 1.165) is 5.56 Å². The Bertz CT molecular complexity index is 563.